The van der Waals surface area contributed by atoms with Gasteiger partial charge in [0.25, 0.3) is 0 Å². The maximum absolute atomic E-state index is 5.83. The van der Waals surface area contributed by atoms with Crippen molar-refractivity contribution < 1.29 is 0 Å². The molecule has 0 fully saturated rings. The molecule has 0 spiro atoms. The summed E-state index contributed by atoms with van der Waals surface area (Å²) >= 11 is 0. The van der Waals surface area contributed by atoms with Gasteiger partial charge in [-0.1, -0.05) is 12.1 Å². The number of aromatic nitrogens is 5. The minimum Gasteiger partial charge on any atom is -0.399 e. The van der Waals surface area contributed by atoms with E-state index in [-0.39, 0.29) is 0 Å². The van der Waals surface area contributed by atoms with Crippen LogP contribution in [-0.4, -0.2) is 24.3 Å². The largest absolute Gasteiger partial charge is 0.399 e. The van der Waals surface area contributed by atoms with Crippen LogP contribution in [0.15, 0.2) is 43.0 Å². The Morgan fingerprint density at radius 2 is 2.15 bits per heavy atom. The number of nitrogens with two attached hydrogens (primary N) is 1. The van der Waals surface area contributed by atoms with Gasteiger partial charge in [-0.15, -0.1) is 0 Å². The summed E-state index contributed by atoms with van der Waals surface area (Å²) in [6.45, 7) is 3.49. The zero-order valence-electron chi connectivity index (χ0n) is 11.3. The molecule has 0 unspecified atom stereocenters. The fourth-order valence-electron chi connectivity index (χ4n) is 2.20. The van der Waals surface area contributed by atoms with Gasteiger partial charge in [-0.3, -0.25) is 0 Å². The highest BCUT2D eigenvalue weighted by molar-refractivity contribution is 5.61. The monoisotopic (exact) mass is 268 g/mol. The fraction of sp³-hybridized carbons (Fsp3) is 0.214. The normalized spacial score (nSPS) is 10.8. The van der Waals surface area contributed by atoms with Crippen molar-refractivity contribution >= 4 is 5.69 Å². The number of hydrogen-bond acceptors (Lipinski definition) is 4. The van der Waals surface area contributed by atoms with E-state index in [9.17, 15) is 0 Å². The van der Waals surface area contributed by atoms with Crippen molar-refractivity contribution in [1.29, 1.82) is 0 Å². The Morgan fingerprint density at radius 1 is 1.25 bits per heavy atom. The van der Waals surface area contributed by atoms with Gasteiger partial charge in [-0.25, -0.2) is 14.6 Å². The van der Waals surface area contributed by atoms with Crippen molar-refractivity contribution in [2.45, 2.75) is 20.0 Å². The highest BCUT2D eigenvalue weighted by Gasteiger charge is 2.09. The molecule has 102 valence electrons. The number of benzene rings is 1. The van der Waals surface area contributed by atoms with Crippen molar-refractivity contribution in [3.8, 4) is 11.4 Å². The zero-order chi connectivity index (χ0) is 13.9. The molecular weight excluding hydrogens is 252 g/mol. The van der Waals surface area contributed by atoms with Gasteiger partial charge >= 0.3 is 0 Å². The summed E-state index contributed by atoms with van der Waals surface area (Å²) < 4.78 is 3.92. The van der Waals surface area contributed by atoms with Gasteiger partial charge in [0.1, 0.15) is 18.0 Å². The van der Waals surface area contributed by atoms with Crippen molar-refractivity contribution in [3.63, 3.8) is 0 Å². The van der Waals surface area contributed by atoms with Gasteiger partial charge in [0.15, 0.2) is 0 Å². The minimum atomic E-state index is 0.637. The molecule has 20 heavy (non-hydrogen) atoms. The van der Waals surface area contributed by atoms with Gasteiger partial charge in [0, 0.05) is 30.2 Å². The maximum atomic E-state index is 5.83. The van der Waals surface area contributed by atoms with E-state index in [1.54, 1.807) is 12.5 Å². The topological polar surface area (TPSA) is 74.5 Å². The first-order valence-corrected chi connectivity index (χ1v) is 6.51. The molecule has 3 aromatic rings. The Morgan fingerprint density at radius 3 is 2.95 bits per heavy atom. The van der Waals surface area contributed by atoms with Crippen molar-refractivity contribution in [2.75, 3.05) is 5.73 Å². The Balaban J connectivity index is 1.95. The summed E-state index contributed by atoms with van der Waals surface area (Å²) in [7, 11) is 0. The van der Waals surface area contributed by atoms with E-state index >= 15 is 0 Å². The first-order chi connectivity index (χ1) is 9.78. The molecule has 0 radical (unpaired) electrons. The van der Waals surface area contributed by atoms with Crippen LogP contribution < -0.4 is 5.73 Å². The van der Waals surface area contributed by atoms with Crippen molar-refractivity contribution in [2.24, 2.45) is 0 Å². The molecule has 1 aromatic carbocycles. The van der Waals surface area contributed by atoms with Gasteiger partial charge in [0.2, 0.25) is 0 Å². The number of aryl methyl sites for hydroxylation is 1. The highest BCUT2D eigenvalue weighted by atomic mass is 15.3. The second-order valence-electron chi connectivity index (χ2n) is 4.50. The second kappa shape index (κ2) is 5.16. The zero-order valence-corrected chi connectivity index (χ0v) is 11.3. The van der Waals surface area contributed by atoms with Gasteiger partial charge in [-0.2, -0.15) is 5.10 Å². The molecule has 0 saturated heterocycles. The predicted molar refractivity (Wildman–Crippen MR) is 76.9 cm³/mol. The first kappa shape index (κ1) is 12.4. The average Bonchev–Trinajstić information content (AvgIpc) is 3.08. The third-order valence-corrected chi connectivity index (χ3v) is 3.17. The van der Waals surface area contributed by atoms with E-state index in [0.717, 1.165) is 29.4 Å². The summed E-state index contributed by atoms with van der Waals surface area (Å²) in [6, 6.07) is 7.71. The van der Waals surface area contributed by atoms with Gasteiger partial charge in [-0.05, 0) is 19.1 Å². The molecule has 0 aliphatic rings. The molecule has 0 atom stereocenters. The Hall–Kier alpha value is -2.63. The van der Waals surface area contributed by atoms with Crippen LogP contribution in [-0.2, 0) is 13.1 Å². The van der Waals surface area contributed by atoms with Crippen LogP contribution in [0.5, 0.6) is 0 Å². The molecule has 0 bridgehead atoms. The lowest BCUT2D eigenvalue weighted by Crippen LogP contribution is -2.09. The van der Waals surface area contributed by atoms with Crippen molar-refractivity contribution in [1.82, 2.24) is 24.3 Å². The number of anilines is 1. The van der Waals surface area contributed by atoms with Gasteiger partial charge in [0.05, 0.1) is 6.54 Å². The second-order valence-corrected chi connectivity index (χ2v) is 4.50. The van der Waals surface area contributed by atoms with E-state index in [2.05, 4.69) is 15.1 Å². The average molecular weight is 268 g/mol. The Kier molecular flexibility index (Phi) is 3.20. The minimum absolute atomic E-state index is 0.637. The SMILES string of the molecule is CCn1ncnc1Cn1ccnc1-c1cccc(N)c1. The highest BCUT2D eigenvalue weighted by Crippen LogP contribution is 2.20. The number of nitrogens with zero attached hydrogens (tertiary/aromatic N) is 5. The molecule has 6 nitrogen and oxygen atoms in total. The molecule has 0 aliphatic carbocycles. The molecule has 2 aromatic heterocycles. The third-order valence-electron chi connectivity index (χ3n) is 3.17. The summed E-state index contributed by atoms with van der Waals surface area (Å²) in [5, 5.41) is 4.18. The van der Waals surface area contributed by atoms with Crippen LogP contribution in [0.3, 0.4) is 0 Å². The first-order valence-electron chi connectivity index (χ1n) is 6.51. The van der Waals surface area contributed by atoms with Crippen LogP contribution in [0.2, 0.25) is 0 Å². The van der Waals surface area contributed by atoms with E-state index in [1.807, 2.05) is 46.6 Å². The van der Waals surface area contributed by atoms with E-state index in [1.165, 1.54) is 0 Å². The molecule has 2 N–H and O–H groups in total. The molecule has 2 heterocycles. The lowest BCUT2D eigenvalue weighted by molar-refractivity contribution is 0.593. The van der Waals surface area contributed by atoms with Gasteiger partial charge < -0.3 is 10.3 Å². The Labute approximate surface area is 116 Å². The fourth-order valence-corrected chi connectivity index (χ4v) is 2.20. The van der Waals surface area contributed by atoms with Crippen LogP contribution in [0, 0.1) is 0 Å². The smallest absolute Gasteiger partial charge is 0.146 e. The molecule has 3 rings (SSSR count). The molecular formula is C14H16N6. The van der Waals surface area contributed by atoms with Crippen LogP contribution in [0.4, 0.5) is 5.69 Å². The van der Waals surface area contributed by atoms with Crippen LogP contribution >= 0.6 is 0 Å². The molecule has 0 saturated carbocycles. The third kappa shape index (κ3) is 2.27. The predicted octanol–water partition coefficient (Wildman–Crippen LogP) is 1.79. The lowest BCUT2D eigenvalue weighted by Gasteiger charge is -2.08. The quantitative estimate of drug-likeness (QED) is 0.732. The number of rotatable bonds is 4. The van der Waals surface area contributed by atoms with Crippen LogP contribution in [0.25, 0.3) is 11.4 Å². The molecule has 0 amide bonds. The van der Waals surface area contributed by atoms with E-state index in [0.29, 0.717) is 6.54 Å². The standard InChI is InChI=1S/C14H16N6/c1-2-20-13(17-10-18-20)9-19-7-6-16-14(19)11-4-3-5-12(15)8-11/h3-8,10H,2,9,15H2,1H3. The maximum Gasteiger partial charge on any atom is 0.146 e. The van der Waals surface area contributed by atoms with E-state index in [4.69, 9.17) is 5.73 Å². The molecule has 6 heteroatoms. The summed E-state index contributed by atoms with van der Waals surface area (Å²) in [6.07, 6.45) is 5.30. The number of hydrogen-bond donors (Lipinski definition) is 1. The Bertz CT molecular complexity index is 712. The lowest BCUT2D eigenvalue weighted by atomic mass is 10.2. The van der Waals surface area contributed by atoms with Crippen molar-refractivity contribution in [3.05, 3.63) is 48.8 Å². The molecule has 0 aliphatic heterocycles. The summed E-state index contributed by atoms with van der Waals surface area (Å²) in [5.41, 5.74) is 7.56. The summed E-state index contributed by atoms with van der Waals surface area (Å²) in [5.74, 6) is 1.79. The van der Waals surface area contributed by atoms with Crippen LogP contribution in [0.1, 0.15) is 12.7 Å². The number of imidazole rings is 1. The van der Waals surface area contributed by atoms with E-state index < -0.39 is 0 Å². The number of nitrogen functional groups attached to an aromatic ring is 1. The summed E-state index contributed by atoms with van der Waals surface area (Å²) in [4.78, 5) is 8.71.